The number of carboxylic acid groups (broad SMARTS) is 1. The lowest BCUT2D eigenvalue weighted by atomic mass is 10.1. The summed E-state index contributed by atoms with van der Waals surface area (Å²) in [5.74, 6) is 0.896. The Hall–Kier alpha value is -3.78. The average molecular weight is 504 g/mol. The number of ether oxygens (including phenoxy) is 2. The van der Waals surface area contributed by atoms with Gasteiger partial charge in [-0.2, -0.15) is 0 Å². The molecule has 0 fully saturated rings. The van der Waals surface area contributed by atoms with Gasteiger partial charge in [-0.05, 0) is 70.4 Å². The molecule has 0 saturated heterocycles. The molecule has 186 valence electrons. The van der Waals surface area contributed by atoms with Gasteiger partial charge in [-0.3, -0.25) is 0 Å². The number of thiazole rings is 1. The van der Waals surface area contributed by atoms with E-state index in [9.17, 15) is 9.90 Å². The molecule has 2 heterocycles. The highest BCUT2D eigenvalue weighted by atomic mass is 32.1. The van der Waals surface area contributed by atoms with Crippen LogP contribution in [0.25, 0.3) is 21.7 Å². The Morgan fingerprint density at radius 3 is 2.19 bits per heavy atom. The molecule has 8 heteroatoms. The van der Waals surface area contributed by atoms with Gasteiger partial charge in [-0.15, -0.1) is 11.3 Å². The van der Waals surface area contributed by atoms with E-state index in [-0.39, 0.29) is 6.61 Å². The van der Waals surface area contributed by atoms with Gasteiger partial charge < -0.3 is 14.6 Å². The van der Waals surface area contributed by atoms with Crippen molar-refractivity contribution in [1.29, 1.82) is 0 Å². The lowest BCUT2D eigenvalue weighted by molar-refractivity contribution is -0.152. The number of nitrogens with zero attached hydrogens (tertiary/aromatic N) is 3. The molecule has 4 rings (SSSR count). The van der Waals surface area contributed by atoms with Crippen LogP contribution >= 0.6 is 11.3 Å². The first kappa shape index (κ1) is 25.3. The standard InChI is InChI=1S/C28H29N3O4S/c1-16-7-9-20(10-8-16)26-25(21-13-29-19(4)30-14-21)31-24(36-26)15-34-22-11-18(3)23(12-17(22)2)35-28(5,6)27(32)33/h7-14H,15H2,1-6H3,(H,32,33). The molecule has 2 aromatic carbocycles. The third-order valence-corrected chi connectivity index (χ3v) is 6.82. The molecule has 0 aliphatic carbocycles. The summed E-state index contributed by atoms with van der Waals surface area (Å²) in [7, 11) is 0. The van der Waals surface area contributed by atoms with E-state index < -0.39 is 11.6 Å². The predicted octanol–water partition coefficient (Wildman–Crippen LogP) is 6.32. The minimum absolute atomic E-state index is 0.289. The van der Waals surface area contributed by atoms with E-state index in [1.807, 2.05) is 32.9 Å². The van der Waals surface area contributed by atoms with Crippen molar-refractivity contribution in [2.75, 3.05) is 0 Å². The highest BCUT2D eigenvalue weighted by Gasteiger charge is 2.30. The molecule has 1 N–H and O–H groups in total. The highest BCUT2D eigenvalue weighted by molar-refractivity contribution is 7.15. The van der Waals surface area contributed by atoms with Gasteiger partial charge in [0.25, 0.3) is 0 Å². The molecule has 7 nitrogen and oxygen atoms in total. The number of hydrogen-bond acceptors (Lipinski definition) is 7. The molecule has 4 aromatic rings. The summed E-state index contributed by atoms with van der Waals surface area (Å²) < 4.78 is 11.9. The Bertz CT molecular complexity index is 1330. The first-order chi connectivity index (χ1) is 17.0. The van der Waals surface area contributed by atoms with Crippen LogP contribution in [0.2, 0.25) is 0 Å². The van der Waals surface area contributed by atoms with Crippen LogP contribution in [0.1, 0.15) is 41.4 Å². The summed E-state index contributed by atoms with van der Waals surface area (Å²) in [6.45, 7) is 11.0. The largest absolute Gasteiger partial charge is 0.486 e. The van der Waals surface area contributed by atoms with Crippen LogP contribution in [0, 0.1) is 27.7 Å². The second-order valence-electron chi connectivity index (χ2n) is 9.26. The van der Waals surface area contributed by atoms with Crippen molar-refractivity contribution in [3.05, 3.63) is 76.3 Å². The molecule has 0 spiro atoms. The number of hydrogen-bond donors (Lipinski definition) is 1. The first-order valence-corrected chi connectivity index (χ1v) is 12.4. The Kier molecular flexibility index (Phi) is 7.08. The van der Waals surface area contributed by atoms with Gasteiger partial charge in [0.15, 0.2) is 5.60 Å². The van der Waals surface area contributed by atoms with E-state index in [4.69, 9.17) is 14.5 Å². The lowest BCUT2D eigenvalue weighted by Gasteiger charge is -2.23. The fraction of sp³-hybridized carbons (Fsp3) is 0.286. The van der Waals surface area contributed by atoms with E-state index in [1.165, 1.54) is 19.4 Å². The Morgan fingerprint density at radius 1 is 0.944 bits per heavy atom. The van der Waals surface area contributed by atoms with E-state index in [1.54, 1.807) is 23.7 Å². The summed E-state index contributed by atoms with van der Waals surface area (Å²) in [4.78, 5) is 26.1. The van der Waals surface area contributed by atoms with Crippen LogP contribution in [0.15, 0.2) is 48.8 Å². The molecule has 0 bridgehead atoms. The van der Waals surface area contributed by atoms with Gasteiger partial charge in [-0.1, -0.05) is 29.8 Å². The number of rotatable bonds is 8. The normalized spacial score (nSPS) is 11.4. The molecule has 0 unspecified atom stereocenters. The fourth-order valence-electron chi connectivity index (χ4n) is 3.52. The second-order valence-corrected chi connectivity index (χ2v) is 10.3. The van der Waals surface area contributed by atoms with Crippen molar-refractivity contribution >= 4 is 17.3 Å². The van der Waals surface area contributed by atoms with E-state index in [0.717, 1.165) is 37.8 Å². The van der Waals surface area contributed by atoms with Gasteiger partial charge in [0, 0.05) is 18.0 Å². The van der Waals surface area contributed by atoms with E-state index in [2.05, 4.69) is 41.2 Å². The monoisotopic (exact) mass is 503 g/mol. The summed E-state index contributed by atoms with van der Waals surface area (Å²) in [6, 6.07) is 12.0. The number of aromatic nitrogens is 3. The molecule has 36 heavy (non-hydrogen) atoms. The third-order valence-electron chi connectivity index (χ3n) is 5.74. The molecule has 0 amide bonds. The maximum atomic E-state index is 11.5. The van der Waals surface area contributed by atoms with Gasteiger partial charge in [0.1, 0.15) is 28.9 Å². The van der Waals surface area contributed by atoms with Gasteiger partial charge >= 0.3 is 5.97 Å². The fourth-order valence-corrected chi connectivity index (χ4v) is 4.53. The minimum atomic E-state index is -1.33. The van der Waals surface area contributed by atoms with Crippen molar-refractivity contribution < 1.29 is 19.4 Å². The average Bonchev–Trinajstić information content (AvgIpc) is 3.25. The zero-order chi connectivity index (χ0) is 26.0. The van der Waals surface area contributed by atoms with Crippen molar-refractivity contribution in [3.63, 3.8) is 0 Å². The topological polar surface area (TPSA) is 94.4 Å². The molecule has 0 radical (unpaired) electrons. The number of aliphatic carboxylic acids is 1. The highest BCUT2D eigenvalue weighted by Crippen LogP contribution is 2.37. The van der Waals surface area contributed by atoms with Crippen molar-refractivity contribution in [2.24, 2.45) is 0 Å². The maximum Gasteiger partial charge on any atom is 0.347 e. The van der Waals surface area contributed by atoms with E-state index in [0.29, 0.717) is 17.3 Å². The van der Waals surface area contributed by atoms with E-state index >= 15 is 0 Å². The summed E-state index contributed by atoms with van der Waals surface area (Å²) >= 11 is 1.58. The Balaban J connectivity index is 1.61. The zero-order valence-corrected chi connectivity index (χ0v) is 22.1. The summed E-state index contributed by atoms with van der Waals surface area (Å²) in [6.07, 6.45) is 3.59. The van der Waals surface area contributed by atoms with Crippen molar-refractivity contribution in [3.8, 4) is 33.2 Å². The van der Waals surface area contributed by atoms with Crippen LogP contribution in [-0.4, -0.2) is 31.6 Å². The van der Waals surface area contributed by atoms with Gasteiger partial charge in [0.05, 0.1) is 10.6 Å². The number of carbonyl (C=O) groups is 1. The van der Waals surface area contributed by atoms with Gasteiger partial charge in [-0.25, -0.2) is 19.7 Å². The van der Waals surface area contributed by atoms with Crippen LogP contribution in [-0.2, 0) is 11.4 Å². The Labute approximate surface area is 214 Å². The summed E-state index contributed by atoms with van der Waals surface area (Å²) in [5.41, 5.74) is 4.26. The van der Waals surface area contributed by atoms with Crippen molar-refractivity contribution in [2.45, 2.75) is 53.8 Å². The number of benzene rings is 2. The molecular weight excluding hydrogens is 474 g/mol. The van der Waals surface area contributed by atoms with Crippen LogP contribution in [0.4, 0.5) is 0 Å². The molecule has 0 aliphatic heterocycles. The zero-order valence-electron chi connectivity index (χ0n) is 21.2. The molecule has 0 atom stereocenters. The van der Waals surface area contributed by atoms with Crippen LogP contribution in [0.5, 0.6) is 11.5 Å². The first-order valence-electron chi connectivity index (χ1n) is 11.6. The lowest BCUT2D eigenvalue weighted by Crippen LogP contribution is -2.38. The predicted molar refractivity (Wildman–Crippen MR) is 141 cm³/mol. The van der Waals surface area contributed by atoms with Crippen molar-refractivity contribution in [1.82, 2.24) is 15.0 Å². The third kappa shape index (κ3) is 5.54. The van der Waals surface area contributed by atoms with Crippen LogP contribution in [0.3, 0.4) is 0 Å². The number of aryl methyl sites for hydroxylation is 4. The van der Waals surface area contributed by atoms with Crippen LogP contribution < -0.4 is 9.47 Å². The van der Waals surface area contributed by atoms with Gasteiger partial charge in [0.2, 0.25) is 0 Å². The smallest absolute Gasteiger partial charge is 0.347 e. The molecule has 0 aliphatic rings. The molecular formula is C28H29N3O4S. The quantitative estimate of drug-likeness (QED) is 0.300. The molecule has 0 saturated carbocycles. The summed E-state index contributed by atoms with van der Waals surface area (Å²) in [5, 5.41) is 10.2. The second kappa shape index (κ2) is 10.1. The number of carboxylic acids is 1. The SMILES string of the molecule is Cc1ccc(-c2sc(COc3cc(C)c(OC(C)(C)C(=O)O)cc3C)nc2-c2cnc(C)nc2)cc1. The Morgan fingerprint density at radius 2 is 1.56 bits per heavy atom. The minimum Gasteiger partial charge on any atom is -0.486 e. The maximum absolute atomic E-state index is 11.5. The molecule has 2 aromatic heterocycles.